The standard InChI is InChI=1S/C11H17N.CH5N.CH2O/c1-11(2,9-12)8-10-6-4-3-5-7-10;2*1-2/h3-7H,8-9,12H2,1-2H3;2H2,1H3;1H2. The molecular formula is C13H24N2O. The molecule has 92 valence electrons. The highest BCUT2D eigenvalue weighted by molar-refractivity contribution is 5.16. The van der Waals surface area contributed by atoms with Gasteiger partial charge in [-0.2, -0.15) is 0 Å². The number of carbonyl (C=O) groups is 1. The largest absolute Gasteiger partial charge is 0.333 e. The molecule has 0 atom stereocenters. The summed E-state index contributed by atoms with van der Waals surface area (Å²) in [5.74, 6) is 0. The van der Waals surface area contributed by atoms with Crippen LogP contribution in [0.2, 0.25) is 0 Å². The van der Waals surface area contributed by atoms with E-state index < -0.39 is 0 Å². The Hall–Kier alpha value is -1.19. The number of hydrogen-bond acceptors (Lipinski definition) is 3. The van der Waals surface area contributed by atoms with Gasteiger partial charge in [0.15, 0.2) is 0 Å². The molecular weight excluding hydrogens is 200 g/mol. The molecule has 0 bridgehead atoms. The zero-order valence-electron chi connectivity index (χ0n) is 10.6. The highest BCUT2D eigenvalue weighted by Crippen LogP contribution is 2.19. The Morgan fingerprint density at radius 2 is 1.56 bits per heavy atom. The first-order chi connectivity index (χ1) is 7.64. The van der Waals surface area contributed by atoms with E-state index in [4.69, 9.17) is 10.5 Å². The van der Waals surface area contributed by atoms with E-state index in [1.54, 1.807) is 0 Å². The number of carbonyl (C=O) groups excluding carboxylic acids is 1. The number of rotatable bonds is 3. The van der Waals surface area contributed by atoms with Crippen LogP contribution in [0.3, 0.4) is 0 Å². The zero-order chi connectivity index (χ0) is 13.0. The lowest BCUT2D eigenvalue weighted by atomic mass is 9.86. The first-order valence-corrected chi connectivity index (χ1v) is 5.25. The van der Waals surface area contributed by atoms with Crippen LogP contribution in [0.25, 0.3) is 0 Å². The van der Waals surface area contributed by atoms with Gasteiger partial charge in [-0.3, -0.25) is 0 Å². The zero-order valence-corrected chi connectivity index (χ0v) is 10.6. The van der Waals surface area contributed by atoms with Crippen molar-refractivity contribution in [1.29, 1.82) is 0 Å². The number of hydrogen-bond donors (Lipinski definition) is 2. The summed E-state index contributed by atoms with van der Waals surface area (Å²) in [5, 5.41) is 0. The molecule has 1 aromatic carbocycles. The molecule has 0 amide bonds. The molecule has 16 heavy (non-hydrogen) atoms. The fourth-order valence-corrected chi connectivity index (χ4v) is 1.22. The molecule has 0 radical (unpaired) electrons. The van der Waals surface area contributed by atoms with E-state index >= 15 is 0 Å². The molecule has 0 saturated carbocycles. The van der Waals surface area contributed by atoms with Gasteiger partial charge in [0.25, 0.3) is 0 Å². The van der Waals surface area contributed by atoms with E-state index in [0.717, 1.165) is 13.0 Å². The van der Waals surface area contributed by atoms with E-state index in [1.165, 1.54) is 12.6 Å². The Labute approximate surface area is 98.8 Å². The molecule has 1 aromatic rings. The summed E-state index contributed by atoms with van der Waals surface area (Å²) in [6.07, 6.45) is 1.06. The smallest absolute Gasteiger partial charge is 0.106 e. The molecule has 0 spiro atoms. The first kappa shape index (κ1) is 17.2. The summed E-state index contributed by atoms with van der Waals surface area (Å²) in [7, 11) is 1.50. The van der Waals surface area contributed by atoms with Crippen LogP contribution >= 0.6 is 0 Å². The van der Waals surface area contributed by atoms with Gasteiger partial charge in [-0.1, -0.05) is 44.2 Å². The maximum absolute atomic E-state index is 8.00. The Morgan fingerprint density at radius 3 is 1.94 bits per heavy atom. The maximum atomic E-state index is 8.00. The van der Waals surface area contributed by atoms with Crippen LogP contribution in [0, 0.1) is 5.41 Å². The predicted octanol–water partition coefficient (Wildman–Crippen LogP) is 1.60. The monoisotopic (exact) mass is 224 g/mol. The van der Waals surface area contributed by atoms with E-state index in [1.807, 2.05) is 12.9 Å². The minimum absolute atomic E-state index is 0.224. The molecule has 0 saturated heterocycles. The van der Waals surface area contributed by atoms with Crippen LogP contribution in [0.5, 0.6) is 0 Å². The minimum atomic E-state index is 0.224. The summed E-state index contributed by atoms with van der Waals surface area (Å²) in [5.41, 5.74) is 11.7. The Kier molecular flexibility index (Phi) is 11.1. The summed E-state index contributed by atoms with van der Waals surface area (Å²) < 4.78 is 0. The van der Waals surface area contributed by atoms with Crippen molar-refractivity contribution in [3.05, 3.63) is 35.9 Å². The van der Waals surface area contributed by atoms with Crippen molar-refractivity contribution in [2.45, 2.75) is 20.3 Å². The lowest BCUT2D eigenvalue weighted by molar-refractivity contribution is -0.0979. The van der Waals surface area contributed by atoms with Gasteiger partial charge in [0.2, 0.25) is 0 Å². The summed E-state index contributed by atoms with van der Waals surface area (Å²) >= 11 is 0. The van der Waals surface area contributed by atoms with Gasteiger partial charge in [0, 0.05) is 0 Å². The second-order valence-corrected chi connectivity index (χ2v) is 4.03. The fourth-order valence-electron chi connectivity index (χ4n) is 1.22. The van der Waals surface area contributed by atoms with Crippen LogP contribution in [-0.4, -0.2) is 20.4 Å². The van der Waals surface area contributed by atoms with Crippen molar-refractivity contribution < 1.29 is 4.79 Å². The third-order valence-corrected chi connectivity index (χ3v) is 2.08. The number of benzene rings is 1. The van der Waals surface area contributed by atoms with Gasteiger partial charge in [-0.25, -0.2) is 0 Å². The quantitative estimate of drug-likeness (QED) is 0.819. The molecule has 4 N–H and O–H groups in total. The predicted molar refractivity (Wildman–Crippen MR) is 70.2 cm³/mol. The Morgan fingerprint density at radius 1 is 1.12 bits per heavy atom. The second kappa shape index (κ2) is 10.3. The average Bonchev–Trinajstić information content (AvgIpc) is 2.35. The molecule has 0 aliphatic heterocycles. The topological polar surface area (TPSA) is 69.1 Å². The van der Waals surface area contributed by atoms with Crippen LogP contribution in [0.15, 0.2) is 30.3 Å². The van der Waals surface area contributed by atoms with Crippen LogP contribution < -0.4 is 11.5 Å². The molecule has 1 rings (SSSR count). The van der Waals surface area contributed by atoms with Gasteiger partial charge in [0.05, 0.1) is 0 Å². The average molecular weight is 224 g/mol. The van der Waals surface area contributed by atoms with Crippen LogP contribution in [0.1, 0.15) is 19.4 Å². The van der Waals surface area contributed by atoms with E-state index in [0.29, 0.717) is 0 Å². The third kappa shape index (κ3) is 8.15. The van der Waals surface area contributed by atoms with Gasteiger partial charge in [-0.15, -0.1) is 0 Å². The molecule has 0 aliphatic rings. The highest BCUT2D eigenvalue weighted by Gasteiger charge is 2.15. The van der Waals surface area contributed by atoms with E-state index in [2.05, 4.69) is 43.8 Å². The van der Waals surface area contributed by atoms with Crippen molar-refractivity contribution >= 4 is 6.79 Å². The van der Waals surface area contributed by atoms with Crippen molar-refractivity contribution in [3.8, 4) is 0 Å². The van der Waals surface area contributed by atoms with E-state index in [-0.39, 0.29) is 5.41 Å². The normalized spacial score (nSPS) is 9.31. The van der Waals surface area contributed by atoms with Crippen molar-refractivity contribution in [3.63, 3.8) is 0 Å². The Balaban J connectivity index is 0. The van der Waals surface area contributed by atoms with Crippen molar-refractivity contribution in [2.75, 3.05) is 13.6 Å². The first-order valence-electron chi connectivity index (χ1n) is 5.25. The van der Waals surface area contributed by atoms with Gasteiger partial charge >= 0.3 is 0 Å². The molecule has 0 unspecified atom stereocenters. The maximum Gasteiger partial charge on any atom is 0.106 e. The molecule has 0 fully saturated rings. The SMILES string of the molecule is C=O.CC(C)(CN)Cc1ccccc1.CN. The lowest BCUT2D eigenvalue weighted by Gasteiger charge is -2.21. The highest BCUT2D eigenvalue weighted by atomic mass is 16.1. The van der Waals surface area contributed by atoms with E-state index in [9.17, 15) is 0 Å². The van der Waals surface area contributed by atoms with Gasteiger partial charge < -0.3 is 16.3 Å². The molecule has 0 aliphatic carbocycles. The van der Waals surface area contributed by atoms with Crippen LogP contribution in [-0.2, 0) is 11.2 Å². The van der Waals surface area contributed by atoms with Crippen molar-refractivity contribution in [1.82, 2.24) is 0 Å². The molecule has 3 nitrogen and oxygen atoms in total. The molecule has 3 heteroatoms. The summed E-state index contributed by atoms with van der Waals surface area (Å²) in [6.45, 7) is 7.13. The lowest BCUT2D eigenvalue weighted by Crippen LogP contribution is -2.25. The fraction of sp³-hybridized carbons (Fsp3) is 0.462. The molecule has 0 aromatic heterocycles. The third-order valence-electron chi connectivity index (χ3n) is 2.08. The summed E-state index contributed by atoms with van der Waals surface area (Å²) in [4.78, 5) is 8.00. The van der Waals surface area contributed by atoms with Gasteiger partial charge in [0.1, 0.15) is 6.79 Å². The Bertz CT molecular complexity index is 247. The number of nitrogens with two attached hydrogens (primary N) is 2. The summed E-state index contributed by atoms with van der Waals surface area (Å²) in [6, 6.07) is 10.5. The van der Waals surface area contributed by atoms with Crippen LogP contribution in [0.4, 0.5) is 0 Å². The minimum Gasteiger partial charge on any atom is -0.333 e. The van der Waals surface area contributed by atoms with Crippen molar-refractivity contribution in [2.24, 2.45) is 16.9 Å². The van der Waals surface area contributed by atoms with Gasteiger partial charge in [-0.05, 0) is 31.0 Å². The molecule has 0 heterocycles. The second-order valence-electron chi connectivity index (χ2n) is 4.03.